The van der Waals surface area contributed by atoms with E-state index in [9.17, 15) is 4.79 Å². The Bertz CT molecular complexity index is 477. The molecule has 0 fully saturated rings. The number of nitrogens with one attached hydrogen (secondary N) is 1. The maximum Gasteiger partial charge on any atom is 0.237 e. The Labute approximate surface area is 128 Å². The van der Waals surface area contributed by atoms with E-state index >= 15 is 0 Å². The number of carbonyl (C=O) groups excluding carboxylic acids is 1. The van der Waals surface area contributed by atoms with Crippen LogP contribution in [-0.2, 0) is 11.3 Å². The monoisotopic (exact) mass is 291 g/mol. The Hall–Kier alpha value is -1.55. The van der Waals surface area contributed by atoms with E-state index < -0.39 is 0 Å². The molecule has 3 N–H and O–H groups in total. The van der Waals surface area contributed by atoms with Gasteiger partial charge in [-0.1, -0.05) is 18.2 Å². The van der Waals surface area contributed by atoms with Crippen molar-refractivity contribution in [2.45, 2.75) is 65.7 Å². The zero-order chi connectivity index (χ0) is 16.2. The molecule has 0 saturated heterocycles. The number of anilines is 1. The Morgan fingerprint density at radius 1 is 1.24 bits per heavy atom. The summed E-state index contributed by atoms with van der Waals surface area (Å²) in [4.78, 5) is 14.6. The van der Waals surface area contributed by atoms with Crippen LogP contribution >= 0.6 is 0 Å². The summed E-state index contributed by atoms with van der Waals surface area (Å²) in [7, 11) is 0. The molecule has 1 aromatic carbocycles. The van der Waals surface area contributed by atoms with Crippen LogP contribution in [0.5, 0.6) is 0 Å². The van der Waals surface area contributed by atoms with Crippen molar-refractivity contribution < 1.29 is 4.79 Å². The topological polar surface area (TPSA) is 58.4 Å². The van der Waals surface area contributed by atoms with E-state index in [1.54, 1.807) is 0 Å². The van der Waals surface area contributed by atoms with Crippen LogP contribution in [0.25, 0.3) is 0 Å². The Kier molecular flexibility index (Phi) is 5.78. The minimum atomic E-state index is -0.222. The highest BCUT2D eigenvalue weighted by atomic mass is 16.2. The van der Waals surface area contributed by atoms with Crippen molar-refractivity contribution in [1.29, 1.82) is 0 Å². The zero-order valence-electron chi connectivity index (χ0n) is 14.1. The molecule has 0 aliphatic carbocycles. The van der Waals surface area contributed by atoms with Crippen molar-refractivity contribution in [3.63, 3.8) is 0 Å². The zero-order valence-corrected chi connectivity index (χ0v) is 14.1. The summed E-state index contributed by atoms with van der Waals surface area (Å²) < 4.78 is 0. The standard InChI is InChI=1S/C17H29N3O/c1-12(2)20(11-14-9-7-8-10-15(14)18)13(3)16(21)19-17(4,5)6/h7-10,12-13H,11,18H2,1-6H3,(H,19,21). The van der Waals surface area contributed by atoms with Gasteiger partial charge in [-0.05, 0) is 53.2 Å². The first-order valence-electron chi connectivity index (χ1n) is 7.53. The molecule has 0 aliphatic rings. The number of nitrogen functional groups attached to an aromatic ring is 1. The molecule has 0 heterocycles. The normalized spacial score (nSPS) is 13.5. The van der Waals surface area contributed by atoms with Crippen LogP contribution in [0.1, 0.15) is 47.1 Å². The van der Waals surface area contributed by atoms with Gasteiger partial charge in [0.1, 0.15) is 0 Å². The molecule has 1 amide bonds. The minimum absolute atomic E-state index is 0.0469. The average Bonchev–Trinajstić information content (AvgIpc) is 2.34. The predicted octanol–water partition coefficient (Wildman–Crippen LogP) is 2.78. The van der Waals surface area contributed by atoms with Crippen molar-refractivity contribution in [2.24, 2.45) is 0 Å². The summed E-state index contributed by atoms with van der Waals surface area (Å²) in [6.45, 7) is 12.8. The fraction of sp³-hybridized carbons (Fsp3) is 0.588. The maximum atomic E-state index is 12.4. The number of benzene rings is 1. The molecule has 1 atom stereocenters. The van der Waals surface area contributed by atoms with E-state index in [0.717, 1.165) is 11.3 Å². The van der Waals surface area contributed by atoms with Gasteiger partial charge in [0.05, 0.1) is 6.04 Å². The number of hydrogen-bond acceptors (Lipinski definition) is 3. The lowest BCUT2D eigenvalue weighted by atomic mass is 10.1. The van der Waals surface area contributed by atoms with E-state index in [-0.39, 0.29) is 23.5 Å². The van der Waals surface area contributed by atoms with Gasteiger partial charge in [-0.15, -0.1) is 0 Å². The molecule has 118 valence electrons. The first-order chi connectivity index (χ1) is 9.61. The lowest BCUT2D eigenvalue weighted by Crippen LogP contribution is -2.52. The third-order valence-electron chi connectivity index (χ3n) is 3.45. The summed E-state index contributed by atoms with van der Waals surface area (Å²) in [6.07, 6.45) is 0. The summed E-state index contributed by atoms with van der Waals surface area (Å²) in [5.74, 6) is 0.0469. The molecule has 0 aromatic heterocycles. The predicted molar refractivity (Wildman–Crippen MR) is 88.9 cm³/mol. The molecule has 21 heavy (non-hydrogen) atoms. The first kappa shape index (κ1) is 17.5. The Morgan fingerprint density at radius 2 is 1.81 bits per heavy atom. The van der Waals surface area contributed by atoms with Crippen molar-refractivity contribution in [3.05, 3.63) is 29.8 Å². The summed E-state index contributed by atoms with van der Waals surface area (Å²) >= 11 is 0. The van der Waals surface area contributed by atoms with Crippen LogP contribution in [0, 0.1) is 0 Å². The Balaban J connectivity index is 2.87. The van der Waals surface area contributed by atoms with Gasteiger partial charge in [0.25, 0.3) is 0 Å². The van der Waals surface area contributed by atoms with Crippen LogP contribution in [0.4, 0.5) is 5.69 Å². The average molecular weight is 291 g/mol. The molecular formula is C17H29N3O. The number of hydrogen-bond donors (Lipinski definition) is 2. The van der Waals surface area contributed by atoms with Gasteiger partial charge >= 0.3 is 0 Å². The molecule has 4 heteroatoms. The van der Waals surface area contributed by atoms with Crippen LogP contribution in [0.15, 0.2) is 24.3 Å². The fourth-order valence-electron chi connectivity index (χ4n) is 2.27. The highest BCUT2D eigenvalue weighted by Crippen LogP contribution is 2.18. The molecule has 1 rings (SSSR count). The fourth-order valence-corrected chi connectivity index (χ4v) is 2.27. The SMILES string of the molecule is CC(C)N(Cc1ccccc1N)C(C)C(=O)NC(C)(C)C. The molecule has 4 nitrogen and oxygen atoms in total. The second kappa shape index (κ2) is 6.94. The number of amides is 1. The third kappa shape index (κ3) is 5.38. The van der Waals surface area contributed by atoms with Crippen LogP contribution in [0.2, 0.25) is 0 Å². The molecule has 1 aromatic rings. The minimum Gasteiger partial charge on any atom is -0.398 e. The van der Waals surface area contributed by atoms with Crippen molar-refractivity contribution in [1.82, 2.24) is 10.2 Å². The van der Waals surface area contributed by atoms with Gasteiger partial charge in [0, 0.05) is 23.8 Å². The maximum absolute atomic E-state index is 12.4. The quantitative estimate of drug-likeness (QED) is 0.820. The third-order valence-corrected chi connectivity index (χ3v) is 3.45. The molecule has 1 unspecified atom stereocenters. The first-order valence-corrected chi connectivity index (χ1v) is 7.53. The number of nitrogens with two attached hydrogens (primary N) is 1. The second-order valence-electron chi connectivity index (χ2n) is 6.88. The van der Waals surface area contributed by atoms with Gasteiger partial charge in [-0.3, -0.25) is 9.69 Å². The van der Waals surface area contributed by atoms with E-state index in [4.69, 9.17) is 5.73 Å². The smallest absolute Gasteiger partial charge is 0.237 e. The van der Waals surface area contributed by atoms with Gasteiger partial charge in [0.15, 0.2) is 0 Å². The molecule has 0 radical (unpaired) electrons. The molecular weight excluding hydrogens is 262 g/mol. The highest BCUT2D eigenvalue weighted by Gasteiger charge is 2.26. The van der Waals surface area contributed by atoms with Crippen molar-refractivity contribution in [3.8, 4) is 0 Å². The van der Waals surface area contributed by atoms with Crippen molar-refractivity contribution >= 4 is 11.6 Å². The summed E-state index contributed by atoms with van der Waals surface area (Å²) in [6, 6.07) is 7.86. The summed E-state index contributed by atoms with van der Waals surface area (Å²) in [5, 5.41) is 3.04. The van der Waals surface area contributed by atoms with Gasteiger partial charge in [-0.2, -0.15) is 0 Å². The van der Waals surface area contributed by atoms with Crippen molar-refractivity contribution in [2.75, 3.05) is 5.73 Å². The van der Waals surface area contributed by atoms with Crippen LogP contribution in [0.3, 0.4) is 0 Å². The second-order valence-corrected chi connectivity index (χ2v) is 6.88. The largest absolute Gasteiger partial charge is 0.398 e. The molecule has 0 bridgehead atoms. The highest BCUT2D eigenvalue weighted by molar-refractivity contribution is 5.82. The van der Waals surface area contributed by atoms with Crippen LogP contribution < -0.4 is 11.1 Å². The van der Waals surface area contributed by atoms with E-state index in [1.807, 2.05) is 52.0 Å². The molecule has 0 spiro atoms. The van der Waals surface area contributed by atoms with Gasteiger partial charge in [0.2, 0.25) is 5.91 Å². The number of para-hydroxylation sites is 1. The lowest BCUT2D eigenvalue weighted by molar-refractivity contribution is -0.128. The van der Waals surface area contributed by atoms with Gasteiger partial charge in [-0.25, -0.2) is 0 Å². The number of rotatable bonds is 5. The van der Waals surface area contributed by atoms with E-state index in [2.05, 4.69) is 24.1 Å². The number of carbonyl (C=O) groups is 1. The van der Waals surface area contributed by atoms with E-state index in [0.29, 0.717) is 6.54 Å². The Morgan fingerprint density at radius 3 is 2.29 bits per heavy atom. The van der Waals surface area contributed by atoms with Gasteiger partial charge < -0.3 is 11.1 Å². The molecule has 0 saturated carbocycles. The molecule has 0 aliphatic heterocycles. The number of nitrogens with zero attached hydrogens (tertiary/aromatic N) is 1. The van der Waals surface area contributed by atoms with E-state index in [1.165, 1.54) is 0 Å². The summed E-state index contributed by atoms with van der Waals surface area (Å²) in [5.41, 5.74) is 7.62. The van der Waals surface area contributed by atoms with Crippen LogP contribution in [-0.4, -0.2) is 28.4 Å². The lowest BCUT2D eigenvalue weighted by Gasteiger charge is -2.34.